The molecule has 0 aliphatic heterocycles. The van der Waals surface area contributed by atoms with E-state index < -0.39 is 5.69 Å². The molecule has 30 heavy (non-hydrogen) atoms. The number of ether oxygens (including phenoxy) is 1. The normalized spacial score (nSPS) is 11.0. The van der Waals surface area contributed by atoms with Gasteiger partial charge in [-0.2, -0.15) is 0 Å². The van der Waals surface area contributed by atoms with Gasteiger partial charge in [0.15, 0.2) is 5.65 Å². The predicted molar refractivity (Wildman–Crippen MR) is 113 cm³/mol. The summed E-state index contributed by atoms with van der Waals surface area (Å²) in [7, 11) is 3.25. The number of carbonyl (C=O) groups excluding carboxylic acids is 1. The van der Waals surface area contributed by atoms with E-state index in [4.69, 9.17) is 4.74 Å². The molecule has 0 atom stereocenters. The Balaban J connectivity index is 1.76. The van der Waals surface area contributed by atoms with Gasteiger partial charge in [0.2, 0.25) is 5.91 Å². The summed E-state index contributed by atoms with van der Waals surface area (Å²) in [6.45, 7) is 0.104. The number of aromatic nitrogens is 4. The number of likely N-dealkylation sites (N-methyl/N-ethyl adjacent to an activating group) is 1. The van der Waals surface area contributed by atoms with Crippen molar-refractivity contribution in [2.45, 2.75) is 13.2 Å². The van der Waals surface area contributed by atoms with E-state index in [1.54, 1.807) is 20.2 Å². The van der Waals surface area contributed by atoms with Gasteiger partial charge in [-0.05, 0) is 12.1 Å². The molecule has 8 heteroatoms. The van der Waals surface area contributed by atoms with Crippen molar-refractivity contribution in [1.29, 1.82) is 0 Å². The van der Waals surface area contributed by atoms with Crippen molar-refractivity contribution in [3.05, 3.63) is 82.9 Å². The fraction of sp³-hybridized carbons (Fsp3) is 0.182. The molecule has 0 aliphatic rings. The molecule has 0 radical (unpaired) electrons. The van der Waals surface area contributed by atoms with E-state index in [1.807, 2.05) is 60.7 Å². The topological polar surface area (TPSA) is 81.7 Å². The Bertz CT molecular complexity index is 1230. The highest BCUT2D eigenvalue weighted by Gasteiger charge is 2.19. The van der Waals surface area contributed by atoms with Gasteiger partial charge in [-0.15, -0.1) is 5.10 Å². The maximum absolute atomic E-state index is 13.1. The zero-order valence-electron chi connectivity index (χ0n) is 16.7. The van der Waals surface area contributed by atoms with Crippen molar-refractivity contribution in [2.24, 2.45) is 0 Å². The highest BCUT2D eigenvalue weighted by Crippen LogP contribution is 2.18. The van der Waals surface area contributed by atoms with Gasteiger partial charge in [0.05, 0.1) is 12.3 Å². The van der Waals surface area contributed by atoms with E-state index in [2.05, 4.69) is 10.1 Å². The van der Waals surface area contributed by atoms with Crippen LogP contribution in [0.1, 0.15) is 5.69 Å². The van der Waals surface area contributed by atoms with Crippen LogP contribution in [0.4, 0.5) is 5.69 Å². The first-order valence-electron chi connectivity index (χ1n) is 9.44. The van der Waals surface area contributed by atoms with E-state index in [9.17, 15) is 9.59 Å². The average Bonchev–Trinajstić information content (AvgIpc) is 3.09. The Kier molecular flexibility index (Phi) is 5.40. The third-order valence-corrected chi connectivity index (χ3v) is 4.75. The number of carbonyl (C=O) groups is 1. The van der Waals surface area contributed by atoms with Crippen molar-refractivity contribution in [3.8, 4) is 11.4 Å². The lowest BCUT2D eigenvalue weighted by molar-refractivity contribution is -0.119. The van der Waals surface area contributed by atoms with Crippen LogP contribution < -0.4 is 10.6 Å². The zero-order valence-corrected chi connectivity index (χ0v) is 16.7. The summed E-state index contributed by atoms with van der Waals surface area (Å²) < 4.78 is 7.79. The Hall–Kier alpha value is -3.78. The quantitative estimate of drug-likeness (QED) is 0.494. The molecular formula is C22H21N5O3. The van der Waals surface area contributed by atoms with E-state index in [0.717, 1.165) is 11.3 Å². The molecule has 2 aromatic heterocycles. The molecule has 2 heterocycles. The first-order valence-corrected chi connectivity index (χ1v) is 9.44. The zero-order chi connectivity index (χ0) is 21.1. The number of hydrogen-bond donors (Lipinski definition) is 0. The summed E-state index contributed by atoms with van der Waals surface area (Å²) in [5.41, 5.74) is 2.16. The summed E-state index contributed by atoms with van der Waals surface area (Å²) in [5.74, 6) is 0.207. The van der Waals surface area contributed by atoms with Crippen molar-refractivity contribution in [3.63, 3.8) is 0 Å². The number of fused-ring (bicyclic) bond motifs is 1. The number of amides is 1. The first-order chi connectivity index (χ1) is 14.6. The van der Waals surface area contributed by atoms with Gasteiger partial charge in [0, 0.05) is 31.5 Å². The van der Waals surface area contributed by atoms with Crippen LogP contribution in [0.5, 0.6) is 0 Å². The number of rotatable bonds is 6. The maximum Gasteiger partial charge on any atom is 0.352 e. The minimum Gasteiger partial charge on any atom is -0.378 e. The van der Waals surface area contributed by atoms with Crippen LogP contribution in [0.2, 0.25) is 0 Å². The van der Waals surface area contributed by atoms with Crippen LogP contribution in [-0.4, -0.2) is 39.2 Å². The van der Waals surface area contributed by atoms with Crippen LogP contribution >= 0.6 is 0 Å². The fourth-order valence-corrected chi connectivity index (χ4v) is 3.22. The van der Waals surface area contributed by atoms with Crippen LogP contribution in [0.15, 0.2) is 71.5 Å². The summed E-state index contributed by atoms with van der Waals surface area (Å²) in [5, 5.41) is 4.38. The second-order valence-corrected chi connectivity index (χ2v) is 6.79. The minimum atomic E-state index is -0.421. The third-order valence-electron chi connectivity index (χ3n) is 4.75. The standard InChI is InChI=1S/C22H21N5O3/c1-25(18-11-7-4-8-12-18)20(28)14-26-22(29)27-19(24-26)13-17(15-30-2)23-21(27)16-9-5-3-6-10-16/h3-13H,14-15H2,1-2H3. The lowest BCUT2D eigenvalue weighted by Crippen LogP contribution is -2.34. The second kappa shape index (κ2) is 8.30. The third kappa shape index (κ3) is 3.72. The summed E-state index contributed by atoms with van der Waals surface area (Å²) in [6, 6.07) is 20.3. The number of para-hydroxylation sites is 1. The molecule has 0 fully saturated rings. The first kappa shape index (κ1) is 19.5. The lowest BCUT2D eigenvalue weighted by atomic mass is 10.2. The maximum atomic E-state index is 13.1. The van der Waals surface area contributed by atoms with E-state index >= 15 is 0 Å². The number of methoxy groups -OCH3 is 1. The van der Waals surface area contributed by atoms with Crippen molar-refractivity contribution in [1.82, 2.24) is 19.2 Å². The molecule has 0 N–H and O–H groups in total. The summed E-state index contributed by atoms with van der Waals surface area (Å²) >= 11 is 0. The molecule has 0 unspecified atom stereocenters. The predicted octanol–water partition coefficient (Wildman–Crippen LogP) is 2.37. The molecule has 4 rings (SSSR count). The number of benzene rings is 2. The molecule has 1 amide bonds. The molecule has 4 aromatic rings. The van der Waals surface area contributed by atoms with Gasteiger partial charge in [0.25, 0.3) is 0 Å². The molecule has 152 valence electrons. The van der Waals surface area contributed by atoms with Crippen LogP contribution in [0, 0.1) is 0 Å². The Labute approximate surface area is 173 Å². The number of anilines is 1. The van der Waals surface area contributed by atoms with E-state index in [1.165, 1.54) is 14.0 Å². The Morgan fingerprint density at radius 2 is 1.73 bits per heavy atom. The van der Waals surface area contributed by atoms with Gasteiger partial charge < -0.3 is 9.64 Å². The average molecular weight is 403 g/mol. The second-order valence-electron chi connectivity index (χ2n) is 6.79. The smallest absolute Gasteiger partial charge is 0.352 e. The largest absolute Gasteiger partial charge is 0.378 e. The monoisotopic (exact) mass is 403 g/mol. The molecule has 0 saturated carbocycles. The Morgan fingerprint density at radius 3 is 2.40 bits per heavy atom. The summed E-state index contributed by atoms with van der Waals surface area (Å²) in [6.07, 6.45) is 0. The SMILES string of the molecule is COCc1cc2nn(CC(=O)N(C)c3ccccc3)c(=O)n2c(-c2ccccc2)n1. The molecule has 8 nitrogen and oxygen atoms in total. The minimum absolute atomic E-state index is 0.181. The highest BCUT2D eigenvalue weighted by molar-refractivity contribution is 5.92. The van der Waals surface area contributed by atoms with E-state index in [0.29, 0.717) is 17.2 Å². The van der Waals surface area contributed by atoms with Gasteiger partial charge >= 0.3 is 5.69 Å². The molecule has 0 spiro atoms. The van der Waals surface area contributed by atoms with Crippen LogP contribution in [0.25, 0.3) is 17.0 Å². The number of nitrogens with zero attached hydrogens (tertiary/aromatic N) is 5. The van der Waals surface area contributed by atoms with Gasteiger partial charge in [-0.1, -0.05) is 48.5 Å². The van der Waals surface area contributed by atoms with Gasteiger partial charge in [-0.3, -0.25) is 4.79 Å². The molecule has 0 aliphatic carbocycles. The van der Waals surface area contributed by atoms with Crippen molar-refractivity contribution >= 4 is 17.2 Å². The molecule has 0 saturated heterocycles. The van der Waals surface area contributed by atoms with E-state index in [-0.39, 0.29) is 19.1 Å². The van der Waals surface area contributed by atoms with Crippen LogP contribution in [-0.2, 0) is 22.7 Å². The van der Waals surface area contributed by atoms with Gasteiger partial charge in [0.1, 0.15) is 12.4 Å². The summed E-state index contributed by atoms with van der Waals surface area (Å²) in [4.78, 5) is 31.9. The fourth-order valence-electron chi connectivity index (χ4n) is 3.22. The lowest BCUT2D eigenvalue weighted by Gasteiger charge is -2.16. The molecular weight excluding hydrogens is 382 g/mol. The molecule has 0 bridgehead atoms. The molecule has 2 aromatic carbocycles. The van der Waals surface area contributed by atoms with Crippen molar-refractivity contribution < 1.29 is 9.53 Å². The Morgan fingerprint density at radius 1 is 1.07 bits per heavy atom. The van der Waals surface area contributed by atoms with Gasteiger partial charge in [-0.25, -0.2) is 18.9 Å². The van der Waals surface area contributed by atoms with Crippen LogP contribution in [0.3, 0.4) is 0 Å². The highest BCUT2D eigenvalue weighted by atomic mass is 16.5. The van der Waals surface area contributed by atoms with Crippen molar-refractivity contribution in [2.75, 3.05) is 19.1 Å². The number of hydrogen-bond acceptors (Lipinski definition) is 5.